The summed E-state index contributed by atoms with van der Waals surface area (Å²) in [4.78, 5) is 22.1. The highest BCUT2D eigenvalue weighted by atomic mass is 35.5. The second-order valence-electron chi connectivity index (χ2n) is 2.91. The van der Waals surface area contributed by atoms with Crippen LogP contribution in [0.15, 0.2) is 6.07 Å². The lowest BCUT2D eigenvalue weighted by Crippen LogP contribution is -2.17. The van der Waals surface area contributed by atoms with Crippen LogP contribution in [0.4, 0.5) is 0 Å². The Morgan fingerprint density at radius 3 is 2.80 bits per heavy atom. The Morgan fingerprint density at radius 1 is 1.60 bits per heavy atom. The highest BCUT2D eigenvalue weighted by Crippen LogP contribution is 2.07. The van der Waals surface area contributed by atoms with Gasteiger partial charge in [-0.05, 0) is 31.5 Å². The Kier molecular flexibility index (Phi) is 3.85. The van der Waals surface area contributed by atoms with E-state index in [0.29, 0.717) is 12.3 Å². The fraction of sp³-hybridized carbons (Fsp3) is 0.444. The number of carbonyl (C=O) groups excluding carboxylic acids is 2. The van der Waals surface area contributed by atoms with Crippen LogP contribution in [0, 0.1) is 6.92 Å². The van der Waals surface area contributed by atoms with E-state index in [1.165, 1.54) is 10.7 Å². The molecule has 0 amide bonds. The topological polar surface area (TPSA) is 61.2 Å². The van der Waals surface area contributed by atoms with E-state index in [1.807, 2.05) is 0 Å². The number of esters is 1. The van der Waals surface area contributed by atoms with Crippen molar-refractivity contribution in [1.29, 1.82) is 0 Å². The third kappa shape index (κ3) is 3.06. The number of hydrogen-bond acceptors (Lipinski definition) is 4. The molecule has 1 aromatic heterocycles. The van der Waals surface area contributed by atoms with E-state index < -0.39 is 11.2 Å². The fourth-order valence-electron chi connectivity index (χ4n) is 1.15. The lowest BCUT2D eigenvalue weighted by molar-refractivity contribution is -0.144. The normalized spacial score (nSPS) is 10.1. The molecule has 0 aliphatic rings. The van der Waals surface area contributed by atoms with E-state index in [-0.39, 0.29) is 12.2 Å². The minimum absolute atomic E-state index is 0.102. The monoisotopic (exact) mass is 230 g/mol. The molecule has 0 saturated carbocycles. The van der Waals surface area contributed by atoms with Gasteiger partial charge in [0.2, 0.25) is 0 Å². The van der Waals surface area contributed by atoms with Crippen LogP contribution in [0.5, 0.6) is 0 Å². The molecule has 82 valence electrons. The smallest absolute Gasteiger partial charge is 0.327 e. The first-order chi connectivity index (χ1) is 7.04. The van der Waals surface area contributed by atoms with Crippen molar-refractivity contribution in [1.82, 2.24) is 9.78 Å². The lowest BCUT2D eigenvalue weighted by atomic mass is 10.4. The molecule has 15 heavy (non-hydrogen) atoms. The lowest BCUT2D eigenvalue weighted by Gasteiger charge is -2.03. The van der Waals surface area contributed by atoms with Crippen molar-refractivity contribution in [2.45, 2.75) is 20.4 Å². The molecule has 1 heterocycles. The van der Waals surface area contributed by atoms with Crippen LogP contribution in [0.2, 0.25) is 0 Å². The quantitative estimate of drug-likeness (QED) is 0.575. The first kappa shape index (κ1) is 11.7. The molecule has 0 atom stereocenters. The van der Waals surface area contributed by atoms with Crippen molar-refractivity contribution in [3.8, 4) is 0 Å². The zero-order chi connectivity index (χ0) is 11.4. The molecule has 0 spiro atoms. The van der Waals surface area contributed by atoms with E-state index in [4.69, 9.17) is 16.3 Å². The Balaban J connectivity index is 2.84. The van der Waals surface area contributed by atoms with Crippen LogP contribution >= 0.6 is 11.6 Å². The van der Waals surface area contributed by atoms with Crippen molar-refractivity contribution < 1.29 is 14.3 Å². The van der Waals surface area contributed by atoms with Crippen molar-refractivity contribution in [2.75, 3.05) is 6.61 Å². The van der Waals surface area contributed by atoms with Crippen molar-refractivity contribution >= 4 is 22.8 Å². The molecule has 0 N–H and O–H groups in total. The maximum Gasteiger partial charge on any atom is 0.327 e. The largest absolute Gasteiger partial charge is 0.465 e. The van der Waals surface area contributed by atoms with Gasteiger partial charge in [-0.15, -0.1) is 0 Å². The Bertz CT molecular complexity index is 387. The highest BCUT2D eigenvalue weighted by molar-refractivity contribution is 6.67. The van der Waals surface area contributed by atoms with Gasteiger partial charge in [0, 0.05) is 0 Å². The molecule has 6 heteroatoms. The number of halogens is 1. The third-order valence-electron chi connectivity index (χ3n) is 1.69. The van der Waals surface area contributed by atoms with Crippen LogP contribution in [0.3, 0.4) is 0 Å². The fourth-order valence-corrected chi connectivity index (χ4v) is 1.31. The predicted molar refractivity (Wildman–Crippen MR) is 53.8 cm³/mol. The summed E-state index contributed by atoms with van der Waals surface area (Å²) in [6.45, 7) is 3.61. The van der Waals surface area contributed by atoms with Crippen molar-refractivity contribution in [2.24, 2.45) is 0 Å². The molecule has 5 nitrogen and oxygen atoms in total. The van der Waals surface area contributed by atoms with Gasteiger partial charge in [0.15, 0.2) is 0 Å². The summed E-state index contributed by atoms with van der Waals surface area (Å²) in [5.74, 6) is -0.445. The number of hydrogen-bond donors (Lipinski definition) is 0. The first-order valence-corrected chi connectivity index (χ1v) is 4.82. The molecule has 0 fully saturated rings. The van der Waals surface area contributed by atoms with Crippen molar-refractivity contribution in [3.05, 3.63) is 17.5 Å². The van der Waals surface area contributed by atoms with Crippen LogP contribution in [-0.2, 0) is 16.1 Å². The molecule has 0 aliphatic heterocycles. The molecule has 0 aromatic carbocycles. The Hall–Kier alpha value is -1.36. The molecule has 1 aromatic rings. The Morgan fingerprint density at radius 2 is 2.27 bits per heavy atom. The minimum atomic E-state index is -0.639. The number of ether oxygens (including phenoxy) is 1. The maximum absolute atomic E-state index is 11.2. The predicted octanol–water partition coefficient (Wildman–Crippen LogP) is 1.13. The average molecular weight is 231 g/mol. The highest BCUT2D eigenvalue weighted by Gasteiger charge is 2.14. The summed E-state index contributed by atoms with van der Waals surface area (Å²) in [5.41, 5.74) is 0.825. The molecule has 0 aliphatic carbocycles. The molecular formula is C9H11ClN2O3. The number of aromatic nitrogens is 2. The standard InChI is InChI=1S/C9H11ClN2O3/c1-3-15-8(13)5-12-7(9(10)14)4-6(2)11-12/h4H,3,5H2,1-2H3. The molecule has 0 saturated heterocycles. The van der Waals surface area contributed by atoms with Gasteiger partial charge in [-0.2, -0.15) is 5.10 Å². The molecule has 0 unspecified atom stereocenters. The number of nitrogens with zero attached hydrogens (tertiary/aromatic N) is 2. The van der Waals surface area contributed by atoms with E-state index in [9.17, 15) is 9.59 Å². The van der Waals surface area contributed by atoms with E-state index in [0.717, 1.165) is 0 Å². The SMILES string of the molecule is CCOC(=O)Cn1nc(C)cc1C(=O)Cl. The zero-order valence-electron chi connectivity index (χ0n) is 8.49. The summed E-state index contributed by atoms with van der Waals surface area (Å²) in [5, 5.41) is 3.33. The maximum atomic E-state index is 11.2. The van der Waals surface area contributed by atoms with Crippen molar-refractivity contribution in [3.63, 3.8) is 0 Å². The van der Waals surface area contributed by atoms with Gasteiger partial charge in [0.25, 0.3) is 5.24 Å². The van der Waals surface area contributed by atoms with Crippen LogP contribution in [-0.4, -0.2) is 27.6 Å². The molecular weight excluding hydrogens is 220 g/mol. The van der Waals surface area contributed by atoms with Crippen LogP contribution in [0.25, 0.3) is 0 Å². The number of aryl methyl sites for hydroxylation is 1. The first-order valence-electron chi connectivity index (χ1n) is 4.44. The zero-order valence-corrected chi connectivity index (χ0v) is 9.24. The van der Waals surface area contributed by atoms with Gasteiger partial charge >= 0.3 is 5.97 Å². The summed E-state index contributed by atoms with van der Waals surface area (Å²) in [6, 6.07) is 1.52. The van der Waals surface area contributed by atoms with E-state index >= 15 is 0 Å². The molecule has 0 bridgehead atoms. The average Bonchev–Trinajstić information content (AvgIpc) is 2.47. The third-order valence-corrected chi connectivity index (χ3v) is 1.88. The summed E-state index contributed by atoms with van der Waals surface area (Å²) in [7, 11) is 0. The summed E-state index contributed by atoms with van der Waals surface area (Å²) < 4.78 is 5.97. The van der Waals surface area contributed by atoms with E-state index in [2.05, 4.69) is 5.10 Å². The van der Waals surface area contributed by atoms with E-state index in [1.54, 1.807) is 13.8 Å². The molecule has 1 rings (SSSR count). The van der Waals surface area contributed by atoms with Gasteiger partial charge in [-0.25, -0.2) is 4.68 Å². The number of carbonyl (C=O) groups is 2. The van der Waals surface area contributed by atoms with Crippen LogP contribution < -0.4 is 0 Å². The van der Waals surface area contributed by atoms with Gasteiger partial charge in [0.1, 0.15) is 12.2 Å². The van der Waals surface area contributed by atoms with Gasteiger partial charge in [0.05, 0.1) is 12.3 Å². The van der Waals surface area contributed by atoms with Gasteiger partial charge < -0.3 is 4.74 Å². The van der Waals surface area contributed by atoms with Crippen LogP contribution in [0.1, 0.15) is 23.1 Å². The van der Waals surface area contributed by atoms with Gasteiger partial charge in [-0.3, -0.25) is 9.59 Å². The Labute approximate surface area is 92.0 Å². The minimum Gasteiger partial charge on any atom is -0.465 e. The molecule has 0 radical (unpaired) electrons. The summed E-state index contributed by atoms with van der Waals surface area (Å²) in [6.07, 6.45) is 0. The summed E-state index contributed by atoms with van der Waals surface area (Å²) >= 11 is 5.33. The van der Waals surface area contributed by atoms with Gasteiger partial charge in [-0.1, -0.05) is 0 Å². The second-order valence-corrected chi connectivity index (χ2v) is 3.25. The second kappa shape index (κ2) is 4.93. The number of rotatable bonds is 4.